The van der Waals surface area contributed by atoms with Crippen molar-refractivity contribution < 1.29 is 9.32 Å². The molecule has 0 aliphatic rings. The predicted molar refractivity (Wildman–Crippen MR) is 78.5 cm³/mol. The van der Waals surface area contributed by atoms with Gasteiger partial charge in [-0.15, -0.1) is 0 Å². The molecule has 112 valence electrons. The molecule has 2 aromatic heterocycles. The summed E-state index contributed by atoms with van der Waals surface area (Å²) in [6.45, 7) is 9.27. The van der Waals surface area contributed by atoms with Gasteiger partial charge in [0.2, 0.25) is 0 Å². The van der Waals surface area contributed by atoms with Crippen molar-refractivity contribution in [3.63, 3.8) is 0 Å². The second kappa shape index (κ2) is 5.51. The van der Waals surface area contributed by atoms with E-state index in [0.717, 1.165) is 0 Å². The van der Waals surface area contributed by atoms with Crippen LogP contribution in [0.2, 0.25) is 0 Å². The summed E-state index contributed by atoms with van der Waals surface area (Å²) in [6.07, 6.45) is 0. The summed E-state index contributed by atoms with van der Waals surface area (Å²) in [5, 5.41) is 9.68. The predicted octanol–water partition coefficient (Wildman–Crippen LogP) is 2.35. The lowest BCUT2D eigenvalue weighted by atomic mass is 10.1. The highest BCUT2D eigenvalue weighted by molar-refractivity contribution is 5.93. The lowest BCUT2D eigenvalue weighted by Gasteiger charge is -2.20. The van der Waals surface area contributed by atoms with Crippen LogP contribution in [0.3, 0.4) is 0 Å². The van der Waals surface area contributed by atoms with Gasteiger partial charge in [-0.1, -0.05) is 5.16 Å². The molecule has 7 heteroatoms. The van der Waals surface area contributed by atoms with Gasteiger partial charge in [-0.2, -0.15) is 0 Å². The third-order valence-corrected chi connectivity index (χ3v) is 2.44. The van der Waals surface area contributed by atoms with Crippen LogP contribution in [0.5, 0.6) is 0 Å². The second-order valence-corrected chi connectivity index (χ2v) is 5.84. The Morgan fingerprint density at radius 3 is 2.43 bits per heavy atom. The molecule has 2 rings (SSSR count). The lowest BCUT2D eigenvalue weighted by molar-refractivity contribution is 0.0914. The van der Waals surface area contributed by atoms with Crippen molar-refractivity contribution in [2.75, 3.05) is 5.32 Å². The molecule has 0 radical (unpaired) electrons. The van der Waals surface area contributed by atoms with Gasteiger partial charge in [-0.3, -0.25) is 4.79 Å². The average molecular weight is 289 g/mol. The van der Waals surface area contributed by atoms with Crippen molar-refractivity contribution in [1.29, 1.82) is 0 Å². The van der Waals surface area contributed by atoms with Gasteiger partial charge < -0.3 is 15.2 Å². The molecular formula is C14H19N5O2. The SMILES string of the molecule is Cc1nc(Nc2cc(C)on2)cc(C(=O)NC(C)(C)C)n1. The second-order valence-electron chi connectivity index (χ2n) is 5.84. The van der Waals surface area contributed by atoms with Crippen molar-refractivity contribution in [3.05, 3.63) is 29.4 Å². The Kier molecular flexibility index (Phi) is 3.93. The molecule has 0 fully saturated rings. The fourth-order valence-electron chi connectivity index (χ4n) is 1.71. The highest BCUT2D eigenvalue weighted by Crippen LogP contribution is 2.15. The first-order chi connectivity index (χ1) is 9.73. The number of carbonyl (C=O) groups excluding carboxylic acids is 1. The van der Waals surface area contributed by atoms with E-state index in [4.69, 9.17) is 4.52 Å². The summed E-state index contributed by atoms with van der Waals surface area (Å²) in [4.78, 5) is 20.5. The molecule has 1 amide bonds. The average Bonchev–Trinajstić information content (AvgIpc) is 2.71. The number of amides is 1. The molecule has 0 aliphatic carbocycles. The molecule has 0 saturated heterocycles. The van der Waals surface area contributed by atoms with Gasteiger partial charge in [0.1, 0.15) is 23.1 Å². The van der Waals surface area contributed by atoms with Gasteiger partial charge >= 0.3 is 0 Å². The topological polar surface area (TPSA) is 92.9 Å². The third kappa shape index (κ3) is 4.27. The number of anilines is 2. The standard InChI is InChI=1S/C14H19N5O2/c1-8-6-12(19-21-8)17-11-7-10(15-9(2)16-11)13(20)18-14(3,4)5/h6-7H,1-5H3,(H,18,20)(H,15,16,17,19). The van der Waals surface area contributed by atoms with Gasteiger partial charge in [0, 0.05) is 17.7 Å². The van der Waals surface area contributed by atoms with E-state index < -0.39 is 0 Å². The Morgan fingerprint density at radius 2 is 1.86 bits per heavy atom. The lowest BCUT2D eigenvalue weighted by Crippen LogP contribution is -2.41. The smallest absolute Gasteiger partial charge is 0.270 e. The number of aromatic nitrogens is 3. The molecule has 2 aromatic rings. The van der Waals surface area contributed by atoms with Crippen LogP contribution in [0.4, 0.5) is 11.6 Å². The van der Waals surface area contributed by atoms with Crippen LogP contribution in [-0.2, 0) is 0 Å². The number of hydrogen-bond acceptors (Lipinski definition) is 6. The molecule has 0 saturated carbocycles. The highest BCUT2D eigenvalue weighted by atomic mass is 16.5. The molecular weight excluding hydrogens is 270 g/mol. The number of aryl methyl sites for hydroxylation is 2. The summed E-state index contributed by atoms with van der Waals surface area (Å²) in [5.41, 5.74) is -0.0209. The van der Waals surface area contributed by atoms with E-state index in [0.29, 0.717) is 28.9 Å². The zero-order valence-electron chi connectivity index (χ0n) is 12.8. The fraction of sp³-hybridized carbons (Fsp3) is 0.429. The summed E-state index contributed by atoms with van der Waals surface area (Å²) in [5.74, 6) is 1.98. The molecule has 0 unspecified atom stereocenters. The van der Waals surface area contributed by atoms with Gasteiger partial charge in [-0.05, 0) is 34.6 Å². The Balaban J connectivity index is 2.22. The first-order valence-corrected chi connectivity index (χ1v) is 6.61. The molecule has 2 N–H and O–H groups in total. The van der Waals surface area contributed by atoms with E-state index in [1.807, 2.05) is 20.8 Å². The van der Waals surface area contributed by atoms with Crippen LogP contribution >= 0.6 is 0 Å². The van der Waals surface area contributed by atoms with Crippen molar-refractivity contribution >= 4 is 17.5 Å². The third-order valence-electron chi connectivity index (χ3n) is 2.44. The monoisotopic (exact) mass is 289 g/mol. The first kappa shape index (κ1) is 15.0. The Morgan fingerprint density at radius 1 is 1.14 bits per heavy atom. The first-order valence-electron chi connectivity index (χ1n) is 6.61. The van der Waals surface area contributed by atoms with Crippen molar-refractivity contribution in [3.8, 4) is 0 Å². The van der Waals surface area contributed by atoms with Crippen LogP contribution in [0, 0.1) is 13.8 Å². The molecule has 0 bridgehead atoms. The van der Waals surface area contributed by atoms with E-state index in [2.05, 4.69) is 25.8 Å². The van der Waals surface area contributed by atoms with Crippen LogP contribution in [0.1, 0.15) is 42.8 Å². The maximum Gasteiger partial charge on any atom is 0.270 e. The number of nitrogens with zero attached hydrogens (tertiary/aromatic N) is 3. The molecule has 0 atom stereocenters. The molecule has 0 aliphatic heterocycles. The van der Waals surface area contributed by atoms with Crippen molar-refractivity contribution in [2.24, 2.45) is 0 Å². The Labute approximate surface area is 123 Å². The Hall–Kier alpha value is -2.44. The Bertz CT molecular complexity index is 658. The minimum Gasteiger partial charge on any atom is -0.360 e. The van der Waals surface area contributed by atoms with Crippen LogP contribution in [-0.4, -0.2) is 26.6 Å². The van der Waals surface area contributed by atoms with E-state index >= 15 is 0 Å². The molecule has 7 nitrogen and oxygen atoms in total. The number of carbonyl (C=O) groups is 1. The molecule has 2 heterocycles. The summed E-state index contributed by atoms with van der Waals surface area (Å²) >= 11 is 0. The van der Waals surface area contributed by atoms with E-state index in [9.17, 15) is 4.79 Å². The van der Waals surface area contributed by atoms with Crippen LogP contribution in [0.25, 0.3) is 0 Å². The summed E-state index contributed by atoms with van der Waals surface area (Å²) in [7, 11) is 0. The summed E-state index contributed by atoms with van der Waals surface area (Å²) in [6, 6.07) is 3.32. The highest BCUT2D eigenvalue weighted by Gasteiger charge is 2.17. The zero-order valence-corrected chi connectivity index (χ0v) is 12.8. The van der Waals surface area contributed by atoms with Gasteiger partial charge in [0.15, 0.2) is 5.82 Å². The summed E-state index contributed by atoms with van der Waals surface area (Å²) < 4.78 is 4.98. The van der Waals surface area contributed by atoms with Crippen LogP contribution < -0.4 is 10.6 Å². The largest absolute Gasteiger partial charge is 0.360 e. The number of rotatable bonds is 3. The van der Waals surface area contributed by atoms with E-state index in [-0.39, 0.29) is 11.4 Å². The van der Waals surface area contributed by atoms with Gasteiger partial charge in [0.05, 0.1) is 0 Å². The van der Waals surface area contributed by atoms with E-state index in [1.54, 1.807) is 26.0 Å². The van der Waals surface area contributed by atoms with Gasteiger partial charge in [0.25, 0.3) is 5.91 Å². The maximum atomic E-state index is 12.2. The number of hydrogen-bond donors (Lipinski definition) is 2. The normalized spacial score (nSPS) is 11.3. The zero-order chi connectivity index (χ0) is 15.6. The molecule has 0 spiro atoms. The van der Waals surface area contributed by atoms with Crippen LogP contribution in [0.15, 0.2) is 16.7 Å². The van der Waals surface area contributed by atoms with E-state index in [1.165, 1.54) is 0 Å². The molecule has 21 heavy (non-hydrogen) atoms. The number of nitrogens with one attached hydrogen (secondary N) is 2. The van der Waals surface area contributed by atoms with Crippen molar-refractivity contribution in [1.82, 2.24) is 20.4 Å². The quantitative estimate of drug-likeness (QED) is 0.901. The van der Waals surface area contributed by atoms with Gasteiger partial charge in [-0.25, -0.2) is 9.97 Å². The minimum absolute atomic E-state index is 0.243. The minimum atomic E-state index is -0.327. The maximum absolute atomic E-state index is 12.2. The van der Waals surface area contributed by atoms with Crippen molar-refractivity contribution in [2.45, 2.75) is 40.2 Å². The molecule has 0 aromatic carbocycles. The fourth-order valence-corrected chi connectivity index (χ4v) is 1.71.